The molecule has 1 aliphatic heterocycles. The Bertz CT molecular complexity index is 781. The lowest BCUT2D eigenvalue weighted by Crippen LogP contribution is -2.36. The summed E-state index contributed by atoms with van der Waals surface area (Å²) in [5.74, 6) is 1.73. The smallest absolute Gasteiger partial charge is 0.138 e. The highest BCUT2D eigenvalue weighted by molar-refractivity contribution is 5.16. The number of rotatable bonds is 7. The molecule has 0 radical (unpaired) electrons. The van der Waals surface area contributed by atoms with E-state index in [2.05, 4.69) is 61.5 Å². The summed E-state index contributed by atoms with van der Waals surface area (Å²) in [6, 6.07) is 10.6. The first-order chi connectivity index (χ1) is 12.9. The molecule has 136 valence electrons. The minimum Gasteiger partial charge on any atom is -0.330 e. The first-order valence-electron chi connectivity index (χ1n) is 9.36. The Kier molecular flexibility index (Phi) is 5.35. The van der Waals surface area contributed by atoms with Gasteiger partial charge in [-0.2, -0.15) is 0 Å². The maximum absolute atomic E-state index is 4.70. The number of aromatic nitrogens is 6. The molecule has 7 heteroatoms. The summed E-state index contributed by atoms with van der Waals surface area (Å²) < 4.78 is 4.11. The van der Waals surface area contributed by atoms with Crippen LogP contribution in [-0.2, 0) is 13.1 Å². The van der Waals surface area contributed by atoms with Crippen molar-refractivity contribution >= 4 is 0 Å². The first-order valence-corrected chi connectivity index (χ1v) is 9.36. The topological polar surface area (TPSA) is 64.7 Å². The molecule has 0 unspecified atom stereocenters. The summed E-state index contributed by atoms with van der Waals surface area (Å²) in [7, 11) is 0. The number of hydrogen-bond donors (Lipinski definition) is 0. The Morgan fingerprint density at radius 2 is 2.04 bits per heavy atom. The van der Waals surface area contributed by atoms with E-state index in [1.807, 2.05) is 6.20 Å². The average molecular weight is 351 g/mol. The first kappa shape index (κ1) is 16.9. The van der Waals surface area contributed by atoms with E-state index in [1.54, 1.807) is 11.0 Å². The number of imidazole rings is 1. The number of nitrogens with zero attached hydrogens (tertiary/aromatic N) is 7. The van der Waals surface area contributed by atoms with Gasteiger partial charge >= 0.3 is 0 Å². The SMILES string of the molecule is c1ccc(Cn2ccnc2[C@H]2CCCN(CCCn3cnnn3)C2)cc1. The number of benzene rings is 1. The number of piperidine rings is 1. The molecule has 3 aromatic rings. The lowest BCUT2D eigenvalue weighted by Gasteiger charge is -2.32. The van der Waals surface area contributed by atoms with Crippen LogP contribution in [0.3, 0.4) is 0 Å². The molecule has 0 amide bonds. The van der Waals surface area contributed by atoms with Crippen molar-refractivity contribution in [2.45, 2.75) is 38.3 Å². The Balaban J connectivity index is 1.35. The zero-order valence-corrected chi connectivity index (χ0v) is 15.0. The van der Waals surface area contributed by atoms with Crippen molar-refractivity contribution in [1.29, 1.82) is 0 Å². The number of tetrazole rings is 1. The average Bonchev–Trinajstić information content (AvgIpc) is 3.35. The van der Waals surface area contributed by atoms with Crippen LogP contribution in [0, 0.1) is 0 Å². The highest BCUT2D eigenvalue weighted by Crippen LogP contribution is 2.26. The third-order valence-electron chi connectivity index (χ3n) is 5.07. The van der Waals surface area contributed by atoms with Crippen molar-refractivity contribution in [2.24, 2.45) is 0 Å². The summed E-state index contributed by atoms with van der Waals surface area (Å²) in [5, 5.41) is 11.3. The molecule has 0 N–H and O–H groups in total. The van der Waals surface area contributed by atoms with Crippen molar-refractivity contribution in [3.05, 3.63) is 60.4 Å². The van der Waals surface area contributed by atoms with E-state index in [-0.39, 0.29) is 0 Å². The molecule has 3 heterocycles. The van der Waals surface area contributed by atoms with Gasteiger partial charge in [-0.15, -0.1) is 5.10 Å². The van der Waals surface area contributed by atoms with E-state index in [0.717, 1.165) is 32.6 Å². The van der Waals surface area contributed by atoms with Crippen LogP contribution in [0.4, 0.5) is 0 Å². The summed E-state index contributed by atoms with van der Waals surface area (Å²) in [4.78, 5) is 7.25. The normalized spacial score (nSPS) is 18.2. The molecule has 1 fully saturated rings. The van der Waals surface area contributed by atoms with E-state index in [4.69, 9.17) is 4.98 Å². The van der Waals surface area contributed by atoms with Gasteiger partial charge in [-0.1, -0.05) is 30.3 Å². The Labute approximate surface area is 153 Å². The van der Waals surface area contributed by atoms with Gasteiger partial charge in [0.1, 0.15) is 12.2 Å². The molecule has 0 saturated carbocycles. The second-order valence-corrected chi connectivity index (χ2v) is 6.97. The van der Waals surface area contributed by atoms with Crippen LogP contribution >= 0.6 is 0 Å². The van der Waals surface area contributed by atoms with Crippen molar-refractivity contribution in [3.8, 4) is 0 Å². The second-order valence-electron chi connectivity index (χ2n) is 6.97. The van der Waals surface area contributed by atoms with E-state index >= 15 is 0 Å². The highest BCUT2D eigenvalue weighted by Gasteiger charge is 2.24. The minimum atomic E-state index is 0.510. The van der Waals surface area contributed by atoms with Crippen LogP contribution in [0.1, 0.15) is 36.6 Å². The van der Waals surface area contributed by atoms with Crippen molar-refractivity contribution in [1.82, 2.24) is 34.7 Å². The summed E-state index contributed by atoms with van der Waals surface area (Å²) in [5.41, 5.74) is 1.32. The van der Waals surface area contributed by atoms with Gasteiger partial charge in [0.25, 0.3) is 0 Å². The van der Waals surface area contributed by atoms with E-state index < -0.39 is 0 Å². The minimum absolute atomic E-state index is 0.510. The fourth-order valence-corrected chi connectivity index (χ4v) is 3.80. The lowest BCUT2D eigenvalue weighted by molar-refractivity contribution is 0.196. The third-order valence-corrected chi connectivity index (χ3v) is 5.07. The van der Waals surface area contributed by atoms with Gasteiger partial charge in [0.05, 0.1) is 0 Å². The molecule has 26 heavy (non-hydrogen) atoms. The molecule has 7 nitrogen and oxygen atoms in total. The lowest BCUT2D eigenvalue weighted by atomic mass is 9.97. The summed E-state index contributed by atoms with van der Waals surface area (Å²) in [6.45, 7) is 5.10. The highest BCUT2D eigenvalue weighted by atomic mass is 15.5. The third kappa shape index (κ3) is 4.16. The van der Waals surface area contributed by atoms with Crippen LogP contribution in [0.15, 0.2) is 49.1 Å². The van der Waals surface area contributed by atoms with Crippen molar-refractivity contribution < 1.29 is 0 Å². The molecule has 2 aromatic heterocycles. The molecule has 1 aliphatic rings. The molecule has 0 spiro atoms. The molecule has 1 saturated heterocycles. The van der Waals surface area contributed by atoms with Gasteiger partial charge < -0.3 is 9.47 Å². The zero-order chi connectivity index (χ0) is 17.6. The van der Waals surface area contributed by atoms with Crippen LogP contribution < -0.4 is 0 Å². The van der Waals surface area contributed by atoms with Crippen LogP contribution in [-0.4, -0.2) is 54.3 Å². The molecule has 0 aliphatic carbocycles. The number of hydrogen-bond acceptors (Lipinski definition) is 5. The fraction of sp³-hybridized carbons (Fsp3) is 0.474. The molecule has 1 aromatic carbocycles. The van der Waals surface area contributed by atoms with Gasteiger partial charge in [-0.05, 0) is 48.3 Å². The van der Waals surface area contributed by atoms with E-state index in [9.17, 15) is 0 Å². The Morgan fingerprint density at radius 3 is 2.88 bits per heavy atom. The van der Waals surface area contributed by atoms with Crippen LogP contribution in [0.5, 0.6) is 0 Å². The number of aryl methyl sites for hydroxylation is 1. The van der Waals surface area contributed by atoms with Crippen molar-refractivity contribution in [2.75, 3.05) is 19.6 Å². The molecule has 0 bridgehead atoms. The Morgan fingerprint density at radius 1 is 1.12 bits per heavy atom. The quantitative estimate of drug-likeness (QED) is 0.653. The second kappa shape index (κ2) is 8.23. The standard InChI is InChI=1S/C19H25N7/c1-2-6-17(7-3-1)14-25-13-9-20-19(25)18-8-4-10-24(15-18)11-5-12-26-16-21-22-23-26/h1-3,6-7,9,13,16,18H,4-5,8,10-12,14-15H2/t18-/m0/s1. The van der Waals surface area contributed by atoms with Gasteiger partial charge in [0.15, 0.2) is 0 Å². The predicted molar refractivity (Wildman–Crippen MR) is 98.6 cm³/mol. The van der Waals surface area contributed by atoms with Crippen LogP contribution in [0.2, 0.25) is 0 Å². The molecular weight excluding hydrogens is 326 g/mol. The maximum Gasteiger partial charge on any atom is 0.138 e. The van der Waals surface area contributed by atoms with Crippen molar-refractivity contribution in [3.63, 3.8) is 0 Å². The zero-order valence-electron chi connectivity index (χ0n) is 15.0. The molecule has 4 rings (SSSR count). The maximum atomic E-state index is 4.70. The fourth-order valence-electron chi connectivity index (χ4n) is 3.80. The number of likely N-dealkylation sites (tertiary alicyclic amines) is 1. The largest absolute Gasteiger partial charge is 0.330 e. The predicted octanol–water partition coefficient (Wildman–Crippen LogP) is 2.19. The summed E-state index contributed by atoms with van der Waals surface area (Å²) >= 11 is 0. The van der Waals surface area contributed by atoms with E-state index in [0.29, 0.717) is 5.92 Å². The van der Waals surface area contributed by atoms with E-state index in [1.165, 1.54) is 30.8 Å². The molecule has 1 atom stereocenters. The Hall–Kier alpha value is -2.54. The molecular formula is C19H25N7. The van der Waals surface area contributed by atoms with Gasteiger partial charge in [-0.3, -0.25) is 0 Å². The van der Waals surface area contributed by atoms with Crippen LogP contribution in [0.25, 0.3) is 0 Å². The van der Waals surface area contributed by atoms with Gasteiger partial charge in [0, 0.05) is 37.9 Å². The summed E-state index contributed by atoms with van der Waals surface area (Å²) in [6.07, 6.45) is 9.24. The van der Waals surface area contributed by atoms with Gasteiger partial charge in [0.2, 0.25) is 0 Å². The van der Waals surface area contributed by atoms with Gasteiger partial charge in [-0.25, -0.2) is 9.67 Å². The monoisotopic (exact) mass is 351 g/mol.